The van der Waals surface area contributed by atoms with Crippen LogP contribution in [0.1, 0.15) is 30.9 Å². The van der Waals surface area contributed by atoms with Gasteiger partial charge in [-0.2, -0.15) is 0 Å². The fraction of sp³-hybridized carbons (Fsp3) is 0.350. The van der Waals surface area contributed by atoms with E-state index in [1.165, 1.54) is 18.4 Å². The summed E-state index contributed by atoms with van der Waals surface area (Å²) in [6.07, 6.45) is 2.37. The molecule has 0 aromatic heterocycles. The highest BCUT2D eigenvalue weighted by Crippen LogP contribution is 2.49. The van der Waals surface area contributed by atoms with E-state index in [1.54, 1.807) is 7.11 Å². The van der Waals surface area contributed by atoms with Crippen molar-refractivity contribution in [1.82, 2.24) is 5.32 Å². The quantitative estimate of drug-likeness (QED) is 0.922. The molecule has 2 aromatic carbocycles. The van der Waals surface area contributed by atoms with Gasteiger partial charge in [0, 0.05) is 5.56 Å². The predicted molar refractivity (Wildman–Crippen MR) is 94.2 cm³/mol. The summed E-state index contributed by atoms with van der Waals surface area (Å²) in [7, 11) is 1.65. The zero-order valence-electron chi connectivity index (χ0n) is 14.1. The first kappa shape index (κ1) is 15.1. The fourth-order valence-electron chi connectivity index (χ4n) is 3.67. The Bertz CT molecular complexity index is 767. The molecule has 1 saturated carbocycles. The number of hydrogen-bond acceptors (Lipinski definition) is 2. The highest BCUT2D eigenvalue weighted by molar-refractivity contribution is 5.96. The van der Waals surface area contributed by atoms with E-state index in [2.05, 4.69) is 30.4 Å². The van der Waals surface area contributed by atoms with Crippen molar-refractivity contribution in [3.8, 4) is 5.75 Å². The summed E-state index contributed by atoms with van der Waals surface area (Å²) in [5, 5.41) is 3.27. The normalized spacial score (nSPS) is 22.8. The van der Waals surface area contributed by atoms with E-state index in [0.29, 0.717) is 12.5 Å². The summed E-state index contributed by atoms with van der Waals surface area (Å²) in [5.41, 5.74) is 3.08. The van der Waals surface area contributed by atoms with Crippen LogP contribution in [0.4, 0.5) is 10.5 Å². The number of carbonyl (C=O) groups excluding carboxylic acids is 1. The third-order valence-electron chi connectivity index (χ3n) is 5.26. The smallest absolute Gasteiger partial charge is 0.322 e. The van der Waals surface area contributed by atoms with Crippen molar-refractivity contribution >= 4 is 11.7 Å². The SMILES string of the molecule is COc1ccc(CN2C(=O)NC(C)(C3CC3)c3ccccc32)cc1. The molecule has 0 saturated heterocycles. The molecule has 1 heterocycles. The second-order valence-corrected chi connectivity index (χ2v) is 6.86. The van der Waals surface area contributed by atoms with E-state index in [-0.39, 0.29) is 11.6 Å². The molecule has 1 aliphatic heterocycles. The van der Waals surface area contributed by atoms with Crippen LogP contribution in [0.3, 0.4) is 0 Å². The number of amides is 2. The van der Waals surface area contributed by atoms with Gasteiger partial charge in [0.15, 0.2) is 0 Å². The number of nitrogens with one attached hydrogen (secondary N) is 1. The van der Waals surface area contributed by atoms with E-state index in [9.17, 15) is 4.79 Å². The first-order chi connectivity index (χ1) is 11.6. The maximum atomic E-state index is 12.8. The summed E-state index contributed by atoms with van der Waals surface area (Å²) in [5.74, 6) is 1.37. The van der Waals surface area contributed by atoms with Gasteiger partial charge in [-0.15, -0.1) is 0 Å². The maximum Gasteiger partial charge on any atom is 0.322 e. The highest BCUT2D eigenvalue weighted by Gasteiger charge is 2.48. The van der Waals surface area contributed by atoms with E-state index >= 15 is 0 Å². The van der Waals surface area contributed by atoms with Gasteiger partial charge in [-0.25, -0.2) is 4.79 Å². The minimum Gasteiger partial charge on any atom is -0.497 e. The zero-order valence-corrected chi connectivity index (χ0v) is 14.1. The van der Waals surface area contributed by atoms with E-state index in [4.69, 9.17) is 4.74 Å². The lowest BCUT2D eigenvalue weighted by Crippen LogP contribution is -2.55. The zero-order chi connectivity index (χ0) is 16.7. The third kappa shape index (κ3) is 2.42. The molecule has 1 fully saturated rings. The first-order valence-corrected chi connectivity index (χ1v) is 8.44. The number of hydrogen-bond donors (Lipinski definition) is 1. The number of carbonyl (C=O) groups is 1. The van der Waals surface area contributed by atoms with Crippen LogP contribution in [-0.4, -0.2) is 13.1 Å². The van der Waals surface area contributed by atoms with Gasteiger partial charge in [-0.3, -0.25) is 4.90 Å². The van der Waals surface area contributed by atoms with Gasteiger partial charge >= 0.3 is 6.03 Å². The molecule has 4 heteroatoms. The number of para-hydroxylation sites is 1. The number of methoxy groups -OCH3 is 1. The Kier molecular flexibility index (Phi) is 3.48. The monoisotopic (exact) mass is 322 g/mol. The molecule has 4 rings (SSSR count). The maximum absolute atomic E-state index is 12.8. The summed E-state index contributed by atoms with van der Waals surface area (Å²) >= 11 is 0. The van der Waals surface area contributed by atoms with E-state index in [0.717, 1.165) is 17.0 Å². The number of nitrogens with zero attached hydrogens (tertiary/aromatic N) is 1. The minimum atomic E-state index is -0.246. The predicted octanol–water partition coefficient (Wildman–Crippen LogP) is 4.05. The lowest BCUT2D eigenvalue weighted by molar-refractivity contribution is 0.222. The highest BCUT2D eigenvalue weighted by atomic mass is 16.5. The lowest BCUT2D eigenvalue weighted by Gasteiger charge is -2.42. The Hall–Kier alpha value is -2.49. The first-order valence-electron chi connectivity index (χ1n) is 8.44. The van der Waals surface area contributed by atoms with Crippen LogP contribution < -0.4 is 15.0 Å². The minimum absolute atomic E-state index is 0.0149. The average molecular weight is 322 g/mol. The van der Waals surface area contributed by atoms with Crippen molar-refractivity contribution in [3.05, 3.63) is 59.7 Å². The summed E-state index contributed by atoms with van der Waals surface area (Å²) in [6.45, 7) is 2.71. The molecule has 1 N–H and O–H groups in total. The van der Waals surface area contributed by atoms with Crippen LogP contribution in [0.15, 0.2) is 48.5 Å². The van der Waals surface area contributed by atoms with Crippen LogP contribution in [0.25, 0.3) is 0 Å². The second-order valence-electron chi connectivity index (χ2n) is 6.86. The second kappa shape index (κ2) is 5.55. The summed E-state index contributed by atoms with van der Waals surface area (Å²) in [6, 6.07) is 16.1. The molecule has 2 aliphatic rings. The van der Waals surface area contributed by atoms with Crippen molar-refractivity contribution in [3.63, 3.8) is 0 Å². The molecular weight excluding hydrogens is 300 g/mol. The van der Waals surface area contributed by atoms with Gasteiger partial charge in [-0.05, 0) is 49.4 Å². The van der Waals surface area contributed by atoms with E-state index in [1.807, 2.05) is 35.2 Å². The molecule has 24 heavy (non-hydrogen) atoms. The van der Waals surface area contributed by atoms with Crippen molar-refractivity contribution in [2.45, 2.75) is 31.8 Å². The van der Waals surface area contributed by atoms with Crippen LogP contribution in [-0.2, 0) is 12.1 Å². The molecule has 0 radical (unpaired) electrons. The molecule has 1 atom stereocenters. The average Bonchev–Trinajstić information content (AvgIpc) is 3.45. The molecule has 2 aromatic rings. The van der Waals surface area contributed by atoms with Crippen molar-refractivity contribution in [1.29, 1.82) is 0 Å². The molecular formula is C20H22N2O2. The standard InChI is InChI=1S/C20H22N2O2/c1-20(15-9-10-15)17-5-3-4-6-18(17)22(19(23)21-20)13-14-7-11-16(24-2)12-8-14/h3-8,11-12,15H,9-10,13H2,1-2H3,(H,21,23). The van der Waals surface area contributed by atoms with Crippen LogP contribution in [0.2, 0.25) is 0 Å². The van der Waals surface area contributed by atoms with Crippen molar-refractivity contribution in [2.24, 2.45) is 5.92 Å². The van der Waals surface area contributed by atoms with Crippen LogP contribution in [0.5, 0.6) is 5.75 Å². The van der Waals surface area contributed by atoms with Gasteiger partial charge in [-0.1, -0.05) is 30.3 Å². The molecule has 124 valence electrons. The summed E-state index contributed by atoms with van der Waals surface area (Å²) in [4.78, 5) is 14.7. The molecule has 0 bridgehead atoms. The number of benzene rings is 2. The number of fused-ring (bicyclic) bond motifs is 1. The Labute approximate surface area is 142 Å². The molecule has 4 nitrogen and oxygen atoms in total. The largest absolute Gasteiger partial charge is 0.497 e. The number of ether oxygens (including phenoxy) is 1. The Balaban J connectivity index is 1.68. The van der Waals surface area contributed by atoms with Gasteiger partial charge in [0.1, 0.15) is 5.75 Å². The number of rotatable bonds is 4. The lowest BCUT2D eigenvalue weighted by atomic mass is 9.84. The van der Waals surface area contributed by atoms with Gasteiger partial charge in [0.05, 0.1) is 24.9 Å². The fourth-order valence-corrected chi connectivity index (χ4v) is 3.67. The van der Waals surface area contributed by atoms with Crippen molar-refractivity contribution < 1.29 is 9.53 Å². The van der Waals surface area contributed by atoms with Crippen LogP contribution in [0, 0.1) is 5.92 Å². The van der Waals surface area contributed by atoms with Gasteiger partial charge in [0.2, 0.25) is 0 Å². The Morgan fingerprint density at radius 2 is 1.88 bits per heavy atom. The van der Waals surface area contributed by atoms with Gasteiger partial charge in [0.25, 0.3) is 0 Å². The molecule has 1 aliphatic carbocycles. The molecule has 2 amide bonds. The molecule has 1 unspecified atom stereocenters. The molecule has 0 spiro atoms. The summed E-state index contributed by atoms with van der Waals surface area (Å²) < 4.78 is 5.20. The topological polar surface area (TPSA) is 41.6 Å². The third-order valence-corrected chi connectivity index (χ3v) is 5.26. The van der Waals surface area contributed by atoms with Gasteiger partial charge < -0.3 is 10.1 Å². The Morgan fingerprint density at radius 3 is 2.54 bits per heavy atom. The number of anilines is 1. The number of urea groups is 1. The Morgan fingerprint density at radius 1 is 1.17 bits per heavy atom. The van der Waals surface area contributed by atoms with Crippen molar-refractivity contribution in [2.75, 3.05) is 12.0 Å². The van der Waals surface area contributed by atoms with E-state index < -0.39 is 0 Å². The van der Waals surface area contributed by atoms with Crippen LogP contribution >= 0.6 is 0 Å².